The molecule has 0 bridgehead atoms. The van der Waals surface area contributed by atoms with Crippen molar-refractivity contribution in [2.24, 2.45) is 14.1 Å². The van der Waals surface area contributed by atoms with Crippen molar-refractivity contribution in [2.45, 2.75) is 19.9 Å². The molecular formula is C29H26N4O2. The van der Waals surface area contributed by atoms with Crippen LogP contribution in [0.3, 0.4) is 0 Å². The van der Waals surface area contributed by atoms with Gasteiger partial charge in [0.05, 0.1) is 39.7 Å². The average molecular weight is 463 g/mol. The summed E-state index contributed by atoms with van der Waals surface area (Å²) in [6, 6.07) is 24.3. The zero-order valence-electron chi connectivity index (χ0n) is 20.2. The van der Waals surface area contributed by atoms with E-state index in [4.69, 9.17) is 0 Å². The number of anilines is 1. The molecule has 0 unspecified atom stereocenters. The first-order chi connectivity index (χ1) is 16.9. The number of benzene rings is 3. The minimum atomic E-state index is -0.339. The highest BCUT2D eigenvalue weighted by molar-refractivity contribution is 5.99. The van der Waals surface area contributed by atoms with Gasteiger partial charge in [-0.15, -0.1) is 0 Å². The highest BCUT2D eigenvalue weighted by Crippen LogP contribution is 2.45. The van der Waals surface area contributed by atoms with Gasteiger partial charge in [-0.05, 0) is 48.7 Å². The molecule has 1 atom stereocenters. The summed E-state index contributed by atoms with van der Waals surface area (Å²) in [6.45, 7) is 4.14. The van der Waals surface area contributed by atoms with Gasteiger partial charge >= 0.3 is 5.69 Å². The number of para-hydroxylation sites is 2. The largest absolute Gasteiger partial charge is 0.371 e. The molecule has 0 fully saturated rings. The summed E-state index contributed by atoms with van der Waals surface area (Å²) in [7, 11) is 3.30. The van der Waals surface area contributed by atoms with Crippen LogP contribution in [-0.4, -0.2) is 13.7 Å². The first kappa shape index (κ1) is 21.2. The van der Waals surface area contributed by atoms with Gasteiger partial charge in [0.2, 0.25) is 0 Å². The van der Waals surface area contributed by atoms with Crippen LogP contribution in [-0.2, 0) is 14.1 Å². The Labute approximate surface area is 202 Å². The van der Waals surface area contributed by atoms with E-state index in [1.807, 2.05) is 49.4 Å². The number of aromatic nitrogens is 3. The SMILES string of the molecule is Cc1cccc(-c2c3c(=O)n(C)c(=O)n(C)c3c3n2-c2ccccc2N[C@H]3c2ccccc2C)c1. The van der Waals surface area contributed by atoms with E-state index in [0.29, 0.717) is 10.9 Å². The molecule has 6 heteroatoms. The third-order valence-electron chi connectivity index (χ3n) is 7.12. The lowest BCUT2D eigenvalue weighted by Gasteiger charge is -2.32. The van der Waals surface area contributed by atoms with Crippen molar-refractivity contribution in [1.29, 1.82) is 0 Å². The number of nitrogens with zero attached hydrogens (tertiary/aromatic N) is 3. The van der Waals surface area contributed by atoms with E-state index in [-0.39, 0.29) is 17.3 Å². The molecular weight excluding hydrogens is 436 g/mol. The second-order valence-corrected chi connectivity index (χ2v) is 9.32. The van der Waals surface area contributed by atoms with Crippen LogP contribution in [0.25, 0.3) is 27.8 Å². The van der Waals surface area contributed by atoms with Crippen LogP contribution < -0.4 is 16.6 Å². The second-order valence-electron chi connectivity index (χ2n) is 9.32. The number of hydrogen-bond acceptors (Lipinski definition) is 3. The van der Waals surface area contributed by atoms with Crippen LogP contribution in [0.5, 0.6) is 0 Å². The van der Waals surface area contributed by atoms with Gasteiger partial charge in [-0.1, -0.05) is 60.2 Å². The number of fused-ring (bicyclic) bond motifs is 5. The molecule has 5 aromatic rings. The third kappa shape index (κ3) is 2.96. The Morgan fingerprint density at radius 2 is 1.57 bits per heavy atom. The number of rotatable bonds is 2. The van der Waals surface area contributed by atoms with Crippen LogP contribution >= 0.6 is 0 Å². The lowest BCUT2D eigenvalue weighted by molar-refractivity contribution is 0.708. The molecule has 1 aliphatic rings. The molecule has 0 saturated carbocycles. The molecule has 6 nitrogen and oxygen atoms in total. The molecule has 2 aromatic heterocycles. The molecule has 1 aliphatic heterocycles. The third-order valence-corrected chi connectivity index (χ3v) is 7.12. The van der Waals surface area contributed by atoms with Gasteiger partial charge in [0, 0.05) is 14.1 Å². The lowest BCUT2D eigenvalue weighted by Crippen LogP contribution is -2.37. The van der Waals surface area contributed by atoms with E-state index >= 15 is 0 Å². The molecule has 3 heterocycles. The van der Waals surface area contributed by atoms with Crippen molar-refractivity contribution in [3.63, 3.8) is 0 Å². The average Bonchev–Trinajstić information content (AvgIpc) is 3.23. The minimum Gasteiger partial charge on any atom is -0.371 e. The van der Waals surface area contributed by atoms with Crippen LogP contribution in [0.15, 0.2) is 82.4 Å². The molecule has 0 saturated heterocycles. The van der Waals surface area contributed by atoms with Gasteiger partial charge in [-0.3, -0.25) is 13.9 Å². The van der Waals surface area contributed by atoms with Crippen molar-refractivity contribution in [3.05, 3.63) is 116 Å². The molecule has 0 aliphatic carbocycles. The summed E-state index contributed by atoms with van der Waals surface area (Å²) in [5.74, 6) is 0. The Kier molecular flexibility index (Phi) is 4.61. The Morgan fingerprint density at radius 3 is 2.34 bits per heavy atom. The topological polar surface area (TPSA) is 61.0 Å². The number of nitrogens with one attached hydrogen (secondary N) is 1. The highest BCUT2D eigenvalue weighted by Gasteiger charge is 2.35. The van der Waals surface area contributed by atoms with Gasteiger partial charge in [0.15, 0.2) is 0 Å². The zero-order chi connectivity index (χ0) is 24.4. The predicted molar refractivity (Wildman–Crippen MR) is 141 cm³/mol. The van der Waals surface area contributed by atoms with E-state index in [9.17, 15) is 9.59 Å². The molecule has 3 aromatic carbocycles. The maximum absolute atomic E-state index is 13.7. The normalized spacial score (nSPS) is 14.5. The van der Waals surface area contributed by atoms with E-state index < -0.39 is 0 Å². The van der Waals surface area contributed by atoms with Crippen molar-refractivity contribution in [1.82, 2.24) is 13.7 Å². The van der Waals surface area contributed by atoms with Gasteiger partial charge in [0.1, 0.15) is 0 Å². The summed E-state index contributed by atoms with van der Waals surface area (Å²) in [5, 5.41) is 4.26. The first-order valence-electron chi connectivity index (χ1n) is 11.7. The van der Waals surface area contributed by atoms with E-state index in [1.54, 1.807) is 18.7 Å². The molecule has 0 spiro atoms. The van der Waals surface area contributed by atoms with Crippen molar-refractivity contribution in [2.75, 3.05) is 5.32 Å². The van der Waals surface area contributed by atoms with Crippen LogP contribution in [0.2, 0.25) is 0 Å². The van der Waals surface area contributed by atoms with E-state index in [0.717, 1.165) is 45.0 Å². The van der Waals surface area contributed by atoms with Crippen LogP contribution in [0, 0.1) is 13.8 Å². The Morgan fingerprint density at radius 1 is 0.829 bits per heavy atom. The second kappa shape index (κ2) is 7.60. The number of aryl methyl sites for hydroxylation is 3. The minimum absolute atomic E-state index is 0.245. The number of hydrogen-bond donors (Lipinski definition) is 1. The molecule has 174 valence electrons. The van der Waals surface area contributed by atoms with Crippen molar-refractivity contribution in [3.8, 4) is 16.9 Å². The lowest BCUT2D eigenvalue weighted by atomic mass is 9.96. The molecule has 0 amide bonds. The summed E-state index contributed by atoms with van der Waals surface area (Å²) in [4.78, 5) is 26.9. The van der Waals surface area contributed by atoms with Gasteiger partial charge < -0.3 is 9.88 Å². The molecule has 6 rings (SSSR count). The smallest absolute Gasteiger partial charge is 0.331 e. The predicted octanol–water partition coefficient (Wildman–Crippen LogP) is 4.83. The summed E-state index contributed by atoms with van der Waals surface area (Å²) < 4.78 is 5.00. The van der Waals surface area contributed by atoms with Crippen LogP contribution in [0.1, 0.15) is 28.4 Å². The summed E-state index contributed by atoms with van der Waals surface area (Å²) in [6.07, 6.45) is 0. The highest BCUT2D eigenvalue weighted by atomic mass is 16.2. The summed E-state index contributed by atoms with van der Waals surface area (Å²) >= 11 is 0. The Hall–Kier alpha value is -4.32. The Bertz CT molecular complexity index is 1770. The van der Waals surface area contributed by atoms with Crippen molar-refractivity contribution < 1.29 is 0 Å². The summed E-state index contributed by atoms with van der Waals surface area (Å²) in [5.41, 5.74) is 7.94. The fraction of sp³-hybridized carbons (Fsp3) is 0.172. The van der Waals surface area contributed by atoms with Crippen molar-refractivity contribution >= 4 is 16.6 Å². The first-order valence-corrected chi connectivity index (χ1v) is 11.7. The molecule has 1 N–H and O–H groups in total. The molecule has 35 heavy (non-hydrogen) atoms. The zero-order valence-corrected chi connectivity index (χ0v) is 20.2. The maximum Gasteiger partial charge on any atom is 0.331 e. The monoisotopic (exact) mass is 462 g/mol. The quantitative estimate of drug-likeness (QED) is 0.409. The standard InChI is InChI=1S/C29H26N4O2/c1-17-10-9-12-19(16-17)25-23-26(31(3)29(35)32(4)28(23)34)27-24(20-13-6-5-11-18(20)2)30-21-14-7-8-15-22(21)33(25)27/h5-16,24,30H,1-4H3/t24-/m0/s1. The maximum atomic E-state index is 13.7. The van der Waals surface area contributed by atoms with E-state index in [1.165, 1.54) is 4.57 Å². The van der Waals surface area contributed by atoms with Crippen LogP contribution in [0.4, 0.5) is 5.69 Å². The fourth-order valence-electron chi connectivity index (χ4n) is 5.43. The van der Waals surface area contributed by atoms with Gasteiger partial charge in [0.25, 0.3) is 5.56 Å². The van der Waals surface area contributed by atoms with Gasteiger partial charge in [-0.2, -0.15) is 0 Å². The Balaban J connectivity index is 1.89. The van der Waals surface area contributed by atoms with Gasteiger partial charge in [-0.25, -0.2) is 4.79 Å². The molecule has 0 radical (unpaired) electrons. The fourth-order valence-corrected chi connectivity index (χ4v) is 5.43. The van der Waals surface area contributed by atoms with E-state index in [2.05, 4.69) is 47.1 Å².